The van der Waals surface area contributed by atoms with Crippen LogP contribution in [0, 0.1) is 0 Å². The molecule has 1 aromatic carbocycles. The van der Waals surface area contributed by atoms with Crippen molar-refractivity contribution in [2.24, 2.45) is 0 Å². The van der Waals surface area contributed by atoms with Gasteiger partial charge in [0.15, 0.2) is 0 Å². The Hall–Kier alpha value is -1.10. The van der Waals surface area contributed by atoms with Crippen LogP contribution in [0.4, 0.5) is 5.69 Å². The highest BCUT2D eigenvalue weighted by Gasteiger charge is 2.16. The highest BCUT2D eigenvalue weighted by atomic mass is 35.5. The normalized spacial score (nSPS) is 19.1. The molecule has 4 nitrogen and oxygen atoms in total. The maximum absolute atomic E-state index is 12.0. The van der Waals surface area contributed by atoms with Crippen molar-refractivity contribution >= 4 is 23.2 Å². The molecule has 0 saturated carbocycles. The number of carbonyl (C=O) groups is 1. The van der Waals surface area contributed by atoms with E-state index in [2.05, 4.69) is 15.5 Å². The molecular weight excluding hydrogens is 274 g/mol. The van der Waals surface area contributed by atoms with Crippen LogP contribution < -0.4 is 10.6 Å². The number of amides is 1. The van der Waals surface area contributed by atoms with Gasteiger partial charge in [-0.25, -0.2) is 0 Å². The average Bonchev–Trinajstić information content (AvgIpc) is 2.39. The SMILES string of the molecule is CN(CC(=O)Nc1cccc(Cl)c1)CC1CCCCN1. The molecule has 1 saturated heterocycles. The van der Waals surface area contributed by atoms with E-state index in [0.29, 0.717) is 17.6 Å². The minimum atomic E-state index is -0.00873. The Kier molecular flexibility index (Phi) is 5.83. The van der Waals surface area contributed by atoms with Gasteiger partial charge in [0.2, 0.25) is 5.91 Å². The second-order valence-electron chi connectivity index (χ2n) is 5.40. The molecule has 2 rings (SSSR count). The van der Waals surface area contributed by atoms with Crippen molar-refractivity contribution in [1.82, 2.24) is 10.2 Å². The first-order valence-corrected chi connectivity index (χ1v) is 7.48. The van der Waals surface area contributed by atoms with Crippen molar-refractivity contribution in [1.29, 1.82) is 0 Å². The molecule has 20 heavy (non-hydrogen) atoms. The number of likely N-dealkylation sites (N-methyl/N-ethyl adjacent to an activating group) is 1. The summed E-state index contributed by atoms with van der Waals surface area (Å²) in [5.41, 5.74) is 0.742. The fourth-order valence-corrected chi connectivity index (χ4v) is 2.72. The van der Waals surface area contributed by atoms with E-state index in [0.717, 1.165) is 18.8 Å². The number of nitrogens with one attached hydrogen (secondary N) is 2. The maximum atomic E-state index is 12.0. The molecule has 0 aliphatic carbocycles. The first-order valence-electron chi connectivity index (χ1n) is 7.11. The lowest BCUT2D eigenvalue weighted by Gasteiger charge is -2.27. The van der Waals surface area contributed by atoms with Gasteiger partial charge in [0, 0.05) is 23.3 Å². The fourth-order valence-electron chi connectivity index (χ4n) is 2.53. The largest absolute Gasteiger partial charge is 0.325 e. The predicted octanol–water partition coefficient (Wildman–Crippen LogP) is 2.35. The molecular formula is C15H22ClN3O. The summed E-state index contributed by atoms with van der Waals surface area (Å²) in [7, 11) is 1.98. The molecule has 0 radical (unpaired) electrons. The number of nitrogens with zero attached hydrogens (tertiary/aromatic N) is 1. The zero-order chi connectivity index (χ0) is 14.4. The molecule has 1 fully saturated rings. The van der Waals surface area contributed by atoms with Crippen LogP contribution in [0.3, 0.4) is 0 Å². The summed E-state index contributed by atoms with van der Waals surface area (Å²) in [4.78, 5) is 14.0. The molecule has 0 spiro atoms. The van der Waals surface area contributed by atoms with Gasteiger partial charge < -0.3 is 10.6 Å². The number of rotatable bonds is 5. The topological polar surface area (TPSA) is 44.4 Å². The third-order valence-corrected chi connectivity index (χ3v) is 3.70. The molecule has 110 valence electrons. The van der Waals surface area contributed by atoms with Crippen LogP contribution in [0.15, 0.2) is 24.3 Å². The molecule has 1 aliphatic heterocycles. The number of hydrogen-bond acceptors (Lipinski definition) is 3. The first-order chi connectivity index (χ1) is 9.63. The quantitative estimate of drug-likeness (QED) is 0.876. The van der Waals surface area contributed by atoms with Gasteiger partial charge in [0.05, 0.1) is 6.54 Å². The Bertz CT molecular complexity index is 446. The van der Waals surface area contributed by atoms with E-state index in [1.807, 2.05) is 19.2 Å². The highest BCUT2D eigenvalue weighted by Crippen LogP contribution is 2.14. The zero-order valence-electron chi connectivity index (χ0n) is 11.9. The fraction of sp³-hybridized carbons (Fsp3) is 0.533. The van der Waals surface area contributed by atoms with Crippen molar-refractivity contribution in [2.45, 2.75) is 25.3 Å². The summed E-state index contributed by atoms with van der Waals surface area (Å²) in [5.74, 6) is -0.00873. The van der Waals surface area contributed by atoms with Crippen molar-refractivity contribution < 1.29 is 4.79 Å². The molecule has 2 N–H and O–H groups in total. The van der Waals surface area contributed by atoms with Crippen molar-refractivity contribution in [3.63, 3.8) is 0 Å². The summed E-state index contributed by atoms with van der Waals surface area (Å²) in [6, 6.07) is 7.72. The molecule has 1 atom stereocenters. The number of benzene rings is 1. The van der Waals surface area contributed by atoms with Crippen molar-refractivity contribution in [2.75, 3.05) is 32.0 Å². The van der Waals surface area contributed by atoms with Gasteiger partial charge in [-0.05, 0) is 44.6 Å². The van der Waals surface area contributed by atoms with Crippen LogP contribution in [-0.2, 0) is 4.79 Å². The Morgan fingerprint density at radius 2 is 2.35 bits per heavy atom. The van der Waals surface area contributed by atoms with Crippen LogP contribution in [0.1, 0.15) is 19.3 Å². The van der Waals surface area contributed by atoms with Crippen LogP contribution in [0.2, 0.25) is 5.02 Å². The third-order valence-electron chi connectivity index (χ3n) is 3.47. The van der Waals surface area contributed by atoms with Gasteiger partial charge in [-0.1, -0.05) is 24.1 Å². The van der Waals surface area contributed by atoms with Gasteiger partial charge >= 0.3 is 0 Å². The summed E-state index contributed by atoms with van der Waals surface area (Å²) >= 11 is 5.89. The minimum Gasteiger partial charge on any atom is -0.325 e. The van der Waals surface area contributed by atoms with Gasteiger partial charge in [0.1, 0.15) is 0 Å². The van der Waals surface area contributed by atoms with Crippen LogP contribution in [0.25, 0.3) is 0 Å². The Labute approximate surface area is 125 Å². The van der Waals surface area contributed by atoms with E-state index in [-0.39, 0.29) is 5.91 Å². The monoisotopic (exact) mass is 295 g/mol. The smallest absolute Gasteiger partial charge is 0.238 e. The molecule has 1 aromatic rings. The Morgan fingerprint density at radius 3 is 3.05 bits per heavy atom. The minimum absolute atomic E-state index is 0.00873. The second-order valence-corrected chi connectivity index (χ2v) is 5.84. The summed E-state index contributed by atoms with van der Waals surface area (Å²) < 4.78 is 0. The maximum Gasteiger partial charge on any atom is 0.238 e. The third kappa shape index (κ3) is 5.12. The van der Waals surface area contributed by atoms with Crippen LogP contribution >= 0.6 is 11.6 Å². The average molecular weight is 296 g/mol. The standard InChI is InChI=1S/C15H22ClN3O/c1-19(10-14-6-2-3-8-17-14)11-15(20)18-13-7-4-5-12(16)9-13/h4-5,7,9,14,17H,2-3,6,8,10-11H2,1H3,(H,18,20). The first kappa shape index (κ1) is 15.3. The summed E-state index contributed by atoms with van der Waals surface area (Å²) in [6.07, 6.45) is 3.73. The molecule has 1 unspecified atom stereocenters. The van der Waals surface area contributed by atoms with Crippen molar-refractivity contribution in [3.05, 3.63) is 29.3 Å². The Morgan fingerprint density at radius 1 is 1.50 bits per heavy atom. The molecule has 1 heterocycles. The van der Waals surface area contributed by atoms with Crippen LogP contribution in [0.5, 0.6) is 0 Å². The zero-order valence-corrected chi connectivity index (χ0v) is 12.6. The van der Waals surface area contributed by atoms with Crippen LogP contribution in [-0.4, -0.2) is 43.5 Å². The molecule has 0 bridgehead atoms. The van der Waals surface area contributed by atoms with E-state index < -0.39 is 0 Å². The predicted molar refractivity (Wildman–Crippen MR) is 83.2 cm³/mol. The van der Waals surface area contributed by atoms with E-state index in [4.69, 9.17) is 11.6 Å². The van der Waals surface area contributed by atoms with E-state index in [9.17, 15) is 4.79 Å². The van der Waals surface area contributed by atoms with Crippen molar-refractivity contribution in [3.8, 4) is 0 Å². The molecule has 0 aromatic heterocycles. The molecule has 5 heteroatoms. The van der Waals surface area contributed by atoms with Gasteiger partial charge in [-0.15, -0.1) is 0 Å². The van der Waals surface area contributed by atoms with E-state index in [1.54, 1.807) is 12.1 Å². The number of anilines is 1. The Balaban J connectivity index is 1.75. The summed E-state index contributed by atoms with van der Waals surface area (Å²) in [5, 5.41) is 6.98. The molecule has 1 amide bonds. The second kappa shape index (κ2) is 7.62. The number of halogens is 1. The molecule has 1 aliphatic rings. The lowest BCUT2D eigenvalue weighted by Crippen LogP contribution is -2.44. The van der Waals surface area contributed by atoms with Gasteiger partial charge in [0.25, 0.3) is 0 Å². The number of piperidine rings is 1. The lowest BCUT2D eigenvalue weighted by atomic mass is 10.0. The van der Waals surface area contributed by atoms with Gasteiger partial charge in [-0.2, -0.15) is 0 Å². The number of hydrogen-bond donors (Lipinski definition) is 2. The lowest BCUT2D eigenvalue weighted by molar-refractivity contribution is -0.117. The number of carbonyl (C=O) groups excluding carboxylic acids is 1. The van der Waals surface area contributed by atoms with Gasteiger partial charge in [-0.3, -0.25) is 9.69 Å². The van der Waals surface area contributed by atoms with E-state index in [1.165, 1.54) is 19.3 Å². The highest BCUT2D eigenvalue weighted by molar-refractivity contribution is 6.30. The summed E-state index contributed by atoms with van der Waals surface area (Å²) in [6.45, 7) is 2.39. The van der Waals surface area contributed by atoms with E-state index >= 15 is 0 Å².